The van der Waals surface area contributed by atoms with E-state index in [9.17, 15) is 14.7 Å². The Bertz CT molecular complexity index is 995. The molecular formula is C24H29ClN4O3S. The number of hydrazone groups is 1. The molecule has 3 rings (SSSR count). The molecule has 0 bridgehead atoms. The van der Waals surface area contributed by atoms with Gasteiger partial charge in [0.2, 0.25) is 0 Å². The Morgan fingerprint density at radius 1 is 1.15 bits per heavy atom. The van der Waals surface area contributed by atoms with E-state index < -0.39 is 6.09 Å². The predicted octanol–water partition coefficient (Wildman–Crippen LogP) is 5.63. The van der Waals surface area contributed by atoms with Gasteiger partial charge in [0.1, 0.15) is 0 Å². The van der Waals surface area contributed by atoms with Crippen LogP contribution < -0.4 is 4.90 Å². The van der Waals surface area contributed by atoms with Crippen LogP contribution in [0.3, 0.4) is 0 Å². The minimum atomic E-state index is -0.987. The number of benzene rings is 2. The standard InChI is InChI=1S/C24H29ClN4O3S/c1-3-27(4-2)13-6-14-28(23(30)31)21-8-5-7-18(15-21)16-29-24(32)33-17-22(26-29)19-9-11-20(25)12-10-19/h5,7-12,15H,3-4,6,13-14,16-17H2,1-2H3,(H,30,31). The van der Waals surface area contributed by atoms with Crippen LogP contribution in [0.4, 0.5) is 15.3 Å². The quantitative estimate of drug-likeness (QED) is 0.469. The Labute approximate surface area is 204 Å². The van der Waals surface area contributed by atoms with Crippen LogP contribution in [0.2, 0.25) is 5.02 Å². The number of carboxylic acid groups (broad SMARTS) is 1. The number of carbonyl (C=O) groups is 2. The fourth-order valence-electron chi connectivity index (χ4n) is 3.63. The lowest BCUT2D eigenvalue weighted by molar-refractivity contribution is 0.201. The smallest absolute Gasteiger partial charge is 0.411 e. The SMILES string of the molecule is CCN(CC)CCCN(C(=O)O)c1cccc(CN2N=C(c3ccc(Cl)cc3)CSC2=O)c1. The molecule has 0 aliphatic carbocycles. The molecule has 0 saturated heterocycles. The number of nitrogens with zero attached hydrogens (tertiary/aromatic N) is 4. The monoisotopic (exact) mass is 488 g/mol. The molecule has 0 radical (unpaired) electrons. The highest BCUT2D eigenvalue weighted by Gasteiger charge is 2.23. The van der Waals surface area contributed by atoms with Crippen LogP contribution in [0.15, 0.2) is 53.6 Å². The summed E-state index contributed by atoms with van der Waals surface area (Å²) in [4.78, 5) is 28.0. The van der Waals surface area contributed by atoms with Gasteiger partial charge in [0.05, 0.1) is 12.3 Å². The van der Waals surface area contributed by atoms with Crippen molar-refractivity contribution in [2.75, 3.05) is 36.8 Å². The normalized spacial score (nSPS) is 13.9. The zero-order valence-corrected chi connectivity index (χ0v) is 20.5. The van der Waals surface area contributed by atoms with Crippen molar-refractivity contribution in [1.82, 2.24) is 9.91 Å². The highest BCUT2D eigenvalue weighted by molar-refractivity contribution is 8.14. The number of halogens is 1. The van der Waals surface area contributed by atoms with Crippen LogP contribution in [0.5, 0.6) is 0 Å². The summed E-state index contributed by atoms with van der Waals surface area (Å²) in [6, 6.07) is 14.7. The molecule has 0 unspecified atom stereocenters. The summed E-state index contributed by atoms with van der Waals surface area (Å²) in [6.07, 6.45) is -0.242. The Morgan fingerprint density at radius 3 is 2.55 bits per heavy atom. The number of hydrogen-bond donors (Lipinski definition) is 1. The minimum Gasteiger partial charge on any atom is -0.465 e. The van der Waals surface area contributed by atoms with Crippen LogP contribution >= 0.6 is 23.4 Å². The van der Waals surface area contributed by atoms with E-state index in [2.05, 4.69) is 23.8 Å². The summed E-state index contributed by atoms with van der Waals surface area (Å²) in [5.41, 5.74) is 3.13. The van der Waals surface area contributed by atoms with Crippen molar-refractivity contribution in [1.29, 1.82) is 0 Å². The van der Waals surface area contributed by atoms with Gasteiger partial charge in [-0.3, -0.25) is 9.69 Å². The largest absolute Gasteiger partial charge is 0.465 e. The molecule has 0 atom stereocenters. The number of anilines is 1. The lowest BCUT2D eigenvalue weighted by Crippen LogP contribution is -2.33. The molecule has 0 fully saturated rings. The van der Waals surface area contributed by atoms with Crippen LogP contribution in [-0.4, -0.2) is 64.0 Å². The number of carbonyl (C=O) groups excluding carboxylic acids is 1. The lowest BCUT2D eigenvalue weighted by atomic mass is 10.1. The first-order valence-corrected chi connectivity index (χ1v) is 12.4. The molecule has 0 saturated carbocycles. The van der Waals surface area contributed by atoms with E-state index in [0.29, 0.717) is 23.0 Å². The molecule has 1 aliphatic heterocycles. The van der Waals surface area contributed by atoms with Crippen molar-refractivity contribution >= 4 is 46.1 Å². The molecule has 1 aliphatic rings. The number of thioether (sulfide) groups is 1. The Hall–Kier alpha value is -2.55. The Balaban J connectivity index is 1.73. The van der Waals surface area contributed by atoms with Gasteiger partial charge in [-0.2, -0.15) is 5.10 Å². The van der Waals surface area contributed by atoms with Crippen molar-refractivity contribution < 1.29 is 14.7 Å². The molecule has 2 aromatic rings. The topological polar surface area (TPSA) is 76.5 Å². The van der Waals surface area contributed by atoms with E-state index in [1.165, 1.54) is 21.7 Å². The van der Waals surface area contributed by atoms with E-state index >= 15 is 0 Å². The van der Waals surface area contributed by atoms with E-state index in [0.717, 1.165) is 42.9 Å². The first-order chi connectivity index (χ1) is 15.9. The fourth-order valence-corrected chi connectivity index (χ4v) is 4.49. The van der Waals surface area contributed by atoms with Crippen LogP contribution in [0.25, 0.3) is 0 Å². The first kappa shape index (κ1) is 25.1. The van der Waals surface area contributed by atoms with Gasteiger partial charge >= 0.3 is 11.3 Å². The highest BCUT2D eigenvalue weighted by atomic mass is 35.5. The molecule has 33 heavy (non-hydrogen) atoms. The van der Waals surface area contributed by atoms with Crippen molar-refractivity contribution in [2.24, 2.45) is 5.10 Å². The second-order valence-electron chi connectivity index (χ2n) is 7.65. The maximum Gasteiger partial charge on any atom is 0.411 e. The van der Waals surface area contributed by atoms with Crippen LogP contribution in [0, 0.1) is 0 Å². The first-order valence-electron chi connectivity index (χ1n) is 11.0. The average Bonchev–Trinajstić information content (AvgIpc) is 2.81. The Kier molecular flexibility index (Phi) is 9.17. The molecule has 2 amide bonds. The van der Waals surface area contributed by atoms with Gasteiger partial charge < -0.3 is 10.0 Å². The van der Waals surface area contributed by atoms with Gasteiger partial charge in [-0.15, -0.1) is 0 Å². The molecule has 0 aromatic heterocycles. The third-order valence-corrected chi connectivity index (χ3v) is 6.63. The summed E-state index contributed by atoms with van der Waals surface area (Å²) >= 11 is 7.18. The molecule has 176 valence electrons. The fraction of sp³-hybridized carbons (Fsp3) is 0.375. The van der Waals surface area contributed by atoms with Crippen molar-refractivity contribution in [3.8, 4) is 0 Å². The number of amides is 2. The van der Waals surface area contributed by atoms with Crippen molar-refractivity contribution in [3.63, 3.8) is 0 Å². The van der Waals surface area contributed by atoms with Gasteiger partial charge in [0.15, 0.2) is 0 Å². The molecule has 9 heteroatoms. The van der Waals surface area contributed by atoms with Gasteiger partial charge in [-0.05, 0) is 61.4 Å². The summed E-state index contributed by atoms with van der Waals surface area (Å²) in [5, 5.41) is 16.3. The molecule has 0 spiro atoms. The summed E-state index contributed by atoms with van der Waals surface area (Å²) in [5.74, 6) is 0.496. The zero-order chi connectivity index (χ0) is 23.8. The lowest BCUT2D eigenvalue weighted by Gasteiger charge is -2.25. The van der Waals surface area contributed by atoms with Gasteiger partial charge in [-0.1, -0.05) is 61.5 Å². The molecular weight excluding hydrogens is 460 g/mol. The van der Waals surface area contributed by atoms with E-state index in [-0.39, 0.29) is 11.8 Å². The second-order valence-corrected chi connectivity index (χ2v) is 9.01. The van der Waals surface area contributed by atoms with E-state index in [1.54, 1.807) is 18.2 Å². The zero-order valence-electron chi connectivity index (χ0n) is 18.9. The van der Waals surface area contributed by atoms with E-state index in [4.69, 9.17) is 11.6 Å². The van der Waals surface area contributed by atoms with Crippen LogP contribution in [0.1, 0.15) is 31.4 Å². The maximum absolute atomic E-state index is 12.5. The predicted molar refractivity (Wildman–Crippen MR) is 136 cm³/mol. The minimum absolute atomic E-state index is 0.132. The molecule has 1 heterocycles. The van der Waals surface area contributed by atoms with Crippen molar-refractivity contribution in [3.05, 3.63) is 64.7 Å². The van der Waals surface area contributed by atoms with Gasteiger partial charge in [-0.25, -0.2) is 9.80 Å². The van der Waals surface area contributed by atoms with E-state index in [1.807, 2.05) is 30.3 Å². The average molecular weight is 489 g/mol. The molecule has 2 aromatic carbocycles. The maximum atomic E-state index is 12.5. The molecule has 1 N–H and O–H groups in total. The van der Waals surface area contributed by atoms with Gasteiger partial charge in [0.25, 0.3) is 0 Å². The summed E-state index contributed by atoms with van der Waals surface area (Å²) < 4.78 is 0. The highest BCUT2D eigenvalue weighted by Crippen LogP contribution is 2.24. The van der Waals surface area contributed by atoms with Crippen molar-refractivity contribution in [2.45, 2.75) is 26.8 Å². The molecule has 7 nitrogen and oxygen atoms in total. The summed E-state index contributed by atoms with van der Waals surface area (Å²) in [6.45, 7) is 7.61. The number of rotatable bonds is 10. The second kappa shape index (κ2) is 12.1. The van der Waals surface area contributed by atoms with Crippen LogP contribution in [-0.2, 0) is 6.54 Å². The number of hydrogen-bond acceptors (Lipinski definition) is 5. The summed E-state index contributed by atoms with van der Waals surface area (Å²) in [7, 11) is 0. The van der Waals surface area contributed by atoms with Gasteiger partial charge in [0, 0.05) is 23.0 Å². The third kappa shape index (κ3) is 6.96. The Morgan fingerprint density at radius 2 is 1.88 bits per heavy atom. The third-order valence-electron chi connectivity index (χ3n) is 5.50.